The topological polar surface area (TPSA) is 32.3 Å². The standard InChI is InChI=1S/C16H17BrF2N2OS/c1-10(11-3-5-13(18)14(19)9-11)21(2)16(22)20-8-7-12-4-6-15(17)23-12/h3-6,9-10H,7-8H2,1-2H3,(H,20,22). The molecule has 1 aromatic carbocycles. The maximum atomic E-state index is 13.3. The zero-order valence-corrected chi connectivity index (χ0v) is 15.2. The summed E-state index contributed by atoms with van der Waals surface area (Å²) in [5, 5.41) is 2.83. The van der Waals surface area contributed by atoms with Crippen LogP contribution in [-0.2, 0) is 6.42 Å². The molecule has 23 heavy (non-hydrogen) atoms. The number of urea groups is 1. The lowest BCUT2D eigenvalue weighted by Gasteiger charge is -2.25. The second-order valence-electron chi connectivity index (χ2n) is 5.15. The highest BCUT2D eigenvalue weighted by Crippen LogP contribution is 2.23. The molecule has 0 bridgehead atoms. The molecule has 3 nitrogen and oxygen atoms in total. The number of thiophene rings is 1. The van der Waals surface area contributed by atoms with Gasteiger partial charge in [0.25, 0.3) is 0 Å². The summed E-state index contributed by atoms with van der Waals surface area (Å²) in [5.74, 6) is -1.80. The van der Waals surface area contributed by atoms with E-state index in [1.165, 1.54) is 15.8 Å². The third kappa shape index (κ3) is 4.75. The van der Waals surface area contributed by atoms with Gasteiger partial charge in [0.2, 0.25) is 0 Å². The number of amides is 2. The Balaban J connectivity index is 1.89. The highest BCUT2D eigenvalue weighted by molar-refractivity contribution is 9.11. The first-order chi connectivity index (χ1) is 10.9. The van der Waals surface area contributed by atoms with Crippen LogP contribution in [0.1, 0.15) is 23.4 Å². The summed E-state index contributed by atoms with van der Waals surface area (Å²) in [7, 11) is 1.63. The Bertz CT molecular complexity index is 692. The SMILES string of the molecule is CC(c1ccc(F)c(F)c1)N(C)C(=O)NCCc1ccc(Br)s1. The first-order valence-corrected chi connectivity index (χ1v) is 8.69. The number of hydrogen-bond acceptors (Lipinski definition) is 2. The molecule has 1 atom stereocenters. The van der Waals surface area contributed by atoms with E-state index in [1.54, 1.807) is 25.3 Å². The Hall–Kier alpha value is -1.47. The maximum absolute atomic E-state index is 13.3. The maximum Gasteiger partial charge on any atom is 0.317 e. The van der Waals surface area contributed by atoms with Crippen LogP contribution in [0.2, 0.25) is 0 Å². The van der Waals surface area contributed by atoms with Crippen LogP contribution >= 0.6 is 27.3 Å². The van der Waals surface area contributed by atoms with Gasteiger partial charge in [0, 0.05) is 18.5 Å². The summed E-state index contributed by atoms with van der Waals surface area (Å²) < 4.78 is 27.3. The van der Waals surface area contributed by atoms with Gasteiger partial charge in [0.1, 0.15) is 0 Å². The summed E-state index contributed by atoms with van der Waals surface area (Å²) in [6.07, 6.45) is 0.745. The molecule has 0 spiro atoms. The fourth-order valence-electron chi connectivity index (χ4n) is 2.08. The summed E-state index contributed by atoms with van der Waals surface area (Å²) in [6, 6.07) is 7.04. The van der Waals surface area contributed by atoms with E-state index in [-0.39, 0.29) is 12.1 Å². The Morgan fingerprint density at radius 3 is 2.65 bits per heavy atom. The molecule has 0 radical (unpaired) electrons. The number of carbonyl (C=O) groups excluding carboxylic acids is 1. The minimum Gasteiger partial charge on any atom is -0.338 e. The van der Waals surface area contributed by atoms with E-state index in [9.17, 15) is 13.6 Å². The van der Waals surface area contributed by atoms with E-state index < -0.39 is 11.6 Å². The van der Waals surface area contributed by atoms with Gasteiger partial charge in [-0.1, -0.05) is 6.07 Å². The number of halogens is 3. The number of benzene rings is 1. The van der Waals surface area contributed by atoms with Gasteiger partial charge in [0.15, 0.2) is 11.6 Å². The van der Waals surface area contributed by atoms with E-state index in [1.807, 2.05) is 12.1 Å². The molecule has 2 amide bonds. The van der Waals surface area contributed by atoms with Crippen molar-refractivity contribution >= 4 is 33.3 Å². The summed E-state index contributed by atoms with van der Waals surface area (Å²) in [6.45, 7) is 2.28. The van der Waals surface area contributed by atoms with Crippen molar-refractivity contribution in [2.45, 2.75) is 19.4 Å². The average molecular weight is 403 g/mol. The number of carbonyl (C=O) groups is 1. The van der Waals surface area contributed by atoms with Gasteiger partial charge in [-0.25, -0.2) is 13.6 Å². The predicted molar refractivity (Wildman–Crippen MR) is 91.7 cm³/mol. The van der Waals surface area contributed by atoms with Crippen molar-refractivity contribution in [1.29, 1.82) is 0 Å². The highest BCUT2D eigenvalue weighted by Gasteiger charge is 2.18. The lowest BCUT2D eigenvalue weighted by molar-refractivity contribution is 0.194. The van der Waals surface area contributed by atoms with Crippen molar-refractivity contribution in [3.05, 3.63) is 56.2 Å². The number of hydrogen-bond donors (Lipinski definition) is 1. The Labute approximate surface area is 146 Å². The molecule has 0 saturated carbocycles. The van der Waals surface area contributed by atoms with E-state index in [2.05, 4.69) is 21.2 Å². The second-order valence-corrected chi connectivity index (χ2v) is 7.70. The lowest BCUT2D eigenvalue weighted by Crippen LogP contribution is -2.39. The van der Waals surface area contributed by atoms with Crippen LogP contribution < -0.4 is 5.32 Å². The smallest absolute Gasteiger partial charge is 0.317 e. The Kier molecular flexibility index (Phi) is 6.12. The van der Waals surface area contributed by atoms with Gasteiger partial charge in [0.05, 0.1) is 9.83 Å². The molecule has 2 rings (SSSR count). The van der Waals surface area contributed by atoms with Gasteiger partial charge in [-0.05, 0) is 59.1 Å². The van der Waals surface area contributed by atoms with E-state index in [4.69, 9.17) is 0 Å². The zero-order chi connectivity index (χ0) is 17.0. The van der Waals surface area contributed by atoms with Crippen LogP contribution in [0.3, 0.4) is 0 Å². The molecule has 1 heterocycles. The van der Waals surface area contributed by atoms with Crippen LogP contribution in [0.15, 0.2) is 34.1 Å². The quantitative estimate of drug-likeness (QED) is 0.769. The molecule has 1 aromatic heterocycles. The molecule has 0 aliphatic carbocycles. The second kappa shape index (κ2) is 7.88. The normalized spacial score (nSPS) is 12.0. The molecular formula is C16H17BrF2N2OS. The molecule has 124 valence electrons. The summed E-state index contributed by atoms with van der Waals surface area (Å²) >= 11 is 5.03. The molecule has 1 unspecified atom stereocenters. The van der Waals surface area contributed by atoms with Gasteiger partial charge >= 0.3 is 6.03 Å². The Morgan fingerprint density at radius 2 is 2.04 bits per heavy atom. The molecule has 2 aromatic rings. The van der Waals surface area contributed by atoms with Crippen LogP contribution in [0.5, 0.6) is 0 Å². The first-order valence-electron chi connectivity index (χ1n) is 7.08. The molecule has 1 N–H and O–H groups in total. The molecule has 0 aliphatic rings. The zero-order valence-electron chi connectivity index (χ0n) is 12.8. The summed E-state index contributed by atoms with van der Waals surface area (Å²) in [5.41, 5.74) is 0.545. The van der Waals surface area contributed by atoms with E-state index >= 15 is 0 Å². The van der Waals surface area contributed by atoms with Crippen molar-refractivity contribution in [3.8, 4) is 0 Å². The van der Waals surface area contributed by atoms with Crippen LogP contribution in [0.25, 0.3) is 0 Å². The molecule has 0 aliphatic heterocycles. The predicted octanol–water partition coefficient (Wildman–Crippen LogP) is 4.73. The number of nitrogens with zero attached hydrogens (tertiary/aromatic N) is 1. The van der Waals surface area contributed by atoms with Crippen molar-refractivity contribution in [2.24, 2.45) is 0 Å². The fourth-order valence-corrected chi connectivity index (χ4v) is 3.56. The molecule has 0 saturated heterocycles. The summed E-state index contributed by atoms with van der Waals surface area (Å²) in [4.78, 5) is 14.8. The van der Waals surface area contributed by atoms with Crippen molar-refractivity contribution in [1.82, 2.24) is 10.2 Å². The van der Waals surface area contributed by atoms with Crippen LogP contribution in [-0.4, -0.2) is 24.5 Å². The average Bonchev–Trinajstić information content (AvgIpc) is 2.94. The van der Waals surface area contributed by atoms with Gasteiger partial charge in [-0.15, -0.1) is 11.3 Å². The minimum atomic E-state index is -0.911. The van der Waals surface area contributed by atoms with Gasteiger partial charge < -0.3 is 10.2 Å². The third-order valence-corrected chi connectivity index (χ3v) is 5.29. The molecule has 0 fully saturated rings. The first kappa shape index (κ1) is 17.9. The van der Waals surface area contributed by atoms with Crippen molar-refractivity contribution in [3.63, 3.8) is 0 Å². The van der Waals surface area contributed by atoms with Crippen LogP contribution in [0, 0.1) is 11.6 Å². The minimum absolute atomic E-state index is 0.252. The van der Waals surface area contributed by atoms with Gasteiger partial charge in [-0.3, -0.25) is 0 Å². The molecular weight excluding hydrogens is 386 g/mol. The largest absolute Gasteiger partial charge is 0.338 e. The van der Waals surface area contributed by atoms with Gasteiger partial charge in [-0.2, -0.15) is 0 Å². The van der Waals surface area contributed by atoms with E-state index in [0.717, 1.165) is 22.3 Å². The van der Waals surface area contributed by atoms with Crippen molar-refractivity contribution < 1.29 is 13.6 Å². The highest BCUT2D eigenvalue weighted by atomic mass is 79.9. The van der Waals surface area contributed by atoms with E-state index in [0.29, 0.717) is 12.1 Å². The molecule has 7 heteroatoms. The third-order valence-electron chi connectivity index (χ3n) is 3.60. The monoisotopic (exact) mass is 402 g/mol. The Morgan fingerprint density at radius 1 is 1.30 bits per heavy atom. The fraction of sp³-hybridized carbons (Fsp3) is 0.312. The van der Waals surface area contributed by atoms with Crippen molar-refractivity contribution in [2.75, 3.05) is 13.6 Å². The van der Waals surface area contributed by atoms with Crippen LogP contribution in [0.4, 0.5) is 13.6 Å². The number of nitrogens with one attached hydrogen (secondary N) is 1. The number of rotatable bonds is 5. The lowest BCUT2D eigenvalue weighted by atomic mass is 10.1.